The Morgan fingerprint density at radius 1 is 0.383 bits per heavy atom. The van der Waals surface area contributed by atoms with E-state index in [-0.39, 0.29) is 25.2 Å². The third-order valence-electron chi connectivity index (χ3n) is 10.1. The molecule has 0 N–H and O–H groups in total. The van der Waals surface area contributed by atoms with Crippen molar-refractivity contribution in [3.63, 3.8) is 0 Å². The number of esters is 2. The highest BCUT2D eigenvalue weighted by molar-refractivity contribution is 5.70. The van der Waals surface area contributed by atoms with E-state index in [9.17, 15) is 9.59 Å². The van der Waals surface area contributed by atoms with E-state index in [2.05, 4.69) is 118 Å². The zero-order chi connectivity index (χ0) is 43.5. The van der Waals surface area contributed by atoms with E-state index < -0.39 is 6.10 Å². The Balaban J connectivity index is 4.39. The third kappa shape index (κ3) is 47.5. The summed E-state index contributed by atoms with van der Waals surface area (Å²) in [4.78, 5) is 25.3. The van der Waals surface area contributed by atoms with E-state index in [0.717, 1.165) is 103 Å². The summed E-state index contributed by atoms with van der Waals surface area (Å²) >= 11 is 0. The smallest absolute Gasteiger partial charge is 0.306 e. The molecule has 0 saturated heterocycles. The normalized spacial score (nSPS) is 13.1. The Labute approximate surface area is 371 Å². The van der Waals surface area contributed by atoms with Crippen molar-refractivity contribution in [1.82, 2.24) is 0 Å². The standard InChI is InChI=1S/C55H92O5/c1-4-7-10-13-16-19-22-25-27-28-30-31-33-36-39-42-45-48-54(56)59-52-53(51-58-50-47-44-41-38-35-24-21-18-15-12-9-6-3)60-55(57)49-46-43-40-37-34-32-29-26-23-20-17-14-11-8-5-2/h7-8,10-11,16-17,19-20,25-27,29-31,36,39,53H,4-6,9,12-15,18,21-24,28,32-35,37-38,40-52H2,1-3H3/b10-7-,11-8-,19-16-,20-17-,27-25-,29-26-,31-30-,39-36-. The lowest BCUT2D eigenvalue weighted by atomic mass is 10.1. The van der Waals surface area contributed by atoms with E-state index in [4.69, 9.17) is 14.2 Å². The summed E-state index contributed by atoms with van der Waals surface area (Å²) in [6.07, 6.45) is 67.0. The maximum Gasteiger partial charge on any atom is 0.306 e. The second kappa shape index (κ2) is 50.2. The topological polar surface area (TPSA) is 61.8 Å². The largest absolute Gasteiger partial charge is 0.462 e. The molecule has 0 aliphatic carbocycles. The van der Waals surface area contributed by atoms with Gasteiger partial charge in [0.25, 0.3) is 0 Å². The predicted octanol–water partition coefficient (Wildman–Crippen LogP) is 16.7. The summed E-state index contributed by atoms with van der Waals surface area (Å²) in [7, 11) is 0. The first-order valence-electron chi connectivity index (χ1n) is 24.8. The maximum absolute atomic E-state index is 12.8. The van der Waals surface area contributed by atoms with Crippen LogP contribution in [0, 0.1) is 0 Å². The molecular weight excluding hydrogens is 741 g/mol. The SMILES string of the molecule is CC/C=C\C/C=C\C/C=C\C/C=C\C/C=C\CCCC(=O)OCC(COCCCCCCCCCCCCCC)OC(=O)CCCCCCC/C=C\C/C=C\C/C=C\CC. The van der Waals surface area contributed by atoms with Gasteiger partial charge in [-0.1, -0.05) is 208 Å². The molecule has 0 bridgehead atoms. The van der Waals surface area contributed by atoms with Crippen LogP contribution in [0.3, 0.4) is 0 Å². The van der Waals surface area contributed by atoms with Crippen molar-refractivity contribution >= 4 is 11.9 Å². The lowest BCUT2D eigenvalue weighted by Gasteiger charge is -2.18. The molecule has 342 valence electrons. The Morgan fingerprint density at radius 2 is 0.767 bits per heavy atom. The van der Waals surface area contributed by atoms with Gasteiger partial charge in [0.2, 0.25) is 0 Å². The van der Waals surface area contributed by atoms with Gasteiger partial charge in [-0.05, 0) is 89.9 Å². The van der Waals surface area contributed by atoms with Crippen LogP contribution >= 0.6 is 0 Å². The fourth-order valence-electron chi connectivity index (χ4n) is 6.50. The van der Waals surface area contributed by atoms with Crippen LogP contribution in [0.25, 0.3) is 0 Å². The van der Waals surface area contributed by atoms with Crippen molar-refractivity contribution in [1.29, 1.82) is 0 Å². The van der Waals surface area contributed by atoms with Gasteiger partial charge in [-0.25, -0.2) is 0 Å². The van der Waals surface area contributed by atoms with E-state index in [1.165, 1.54) is 77.0 Å². The number of hydrogen-bond donors (Lipinski definition) is 0. The van der Waals surface area contributed by atoms with Crippen LogP contribution < -0.4 is 0 Å². The van der Waals surface area contributed by atoms with Crippen molar-refractivity contribution in [3.8, 4) is 0 Å². The molecule has 0 amide bonds. The van der Waals surface area contributed by atoms with Gasteiger partial charge in [-0.15, -0.1) is 0 Å². The molecular formula is C55H92O5. The summed E-state index contributed by atoms with van der Waals surface area (Å²) in [6, 6.07) is 0. The predicted molar refractivity (Wildman–Crippen MR) is 260 cm³/mol. The molecule has 0 rings (SSSR count). The van der Waals surface area contributed by atoms with E-state index in [1.807, 2.05) is 0 Å². The van der Waals surface area contributed by atoms with Gasteiger partial charge in [-0.2, -0.15) is 0 Å². The van der Waals surface area contributed by atoms with Crippen LogP contribution in [-0.4, -0.2) is 37.9 Å². The minimum Gasteiger partial charge on any atom is -0.462 e. The highest BCUT2D eigenvalue weighted by atomic mass is 16.6. The molecule has 0 aromatic rings. The molecule has 0 heterocycles. The van der Waals surface area contributed by atoms with Crippen molar-refractivity contribution in [2.75, 3.05) is 19.8 Å². The Morgan fingerprint density at radius 3 is 1.25 bits per heavy atom. The van der Waals surface area contributed by atoms with Crippen LogP contribution in [0.4, 0.5) is 0 Å². The monoisotopic (exact) mass is 833 g/mol. The maximum atomic E-state index is 12.8. The molecule has 0 fully saturated rings. The van der Waals surface area contributed by atoms with Crippen LogP contribution in [0.2, 0.25) is 0 Å². The van der Waals surface area contributed by atoms with E-state index >= 15 is 0 Å². The Kier molecular flexibility index (Phi) is 47.5. The lowest BCUT2D eigenvalue weighted by Crippen LogP contribution is -2.30. The fraction of sp³-hybridized carbons (Fsp3) is 0.673. The quantitative estimate of drug-likeness (QED) is 0.0348. The van der Waals surface area contributed by atoms with Crippen molar-refractivity contribution in [3.05, 3.63) is 97.2 Å². The first kappa shape index (κ1) is 56.8. The molecule has 60 heavy (non-hydrogen) atoms. The molecule has 0 aromatic heterocycles. The van der Waals surface area contributed by atoms with Gasteiger partial charge in [-0.3, -0.25) is 9.59 Å². The van der Waals surface area contributed by atoms with Crippen LogP contribution in [0.1, 0.15) is 213 Å². The minimum atomic E-state index is -0.570. The van der Waals surface area contributed by atoms with E-state index in [0.29, 0.717) is 19.4 Å². The first-order chi connectivity index (χ1) is 29.6. The fourth-order valence-corrected chi connectivity index (χ4v) is 6.50. The van der Waals surface area contributed by atoms with Gasteiger partial charge in [0.15, 0.2) is 6.10 Å². The molecule has 5 nitrogen and oxygen atoms in total. The lowest BCUT2D eigenvalue weighted by molar-refractivity contribution is -0.163. The Hall–Kier alpha value is -3.18. The van der Waals surface area contributed by atoms with Gasteiger partial charge in [0.1, 0.15) is 6.61 Å². The van der Waals surface area contributed by atoms with Crippen LogP contribution in [-0.2, 0) is 23.8 Å². The second-order valence-electron chi connectivity index (χ2n) is 16.0. The zero-order valence-electron chi connectivity index (χ0n) is 39.2. The summed E-state index contributed by atoms with van der Waals surface area (Å²) < 4.78 is 17.3. The molecule has 0 radical (unpaired) electrons. The van der Waals surface area contributed by atoms with Gasteiger partial charge in [0.05, 0.1) is 6.61 Å². The molecule has 0 aromatic carbocycles. The first-order valence-corrected chi connectivity index (χ1v) is 24.8. The van der Waals surface area contributed by atoms with Gasteiger partial charge >= 0.3 is 11.9 Å². The summed E-state index contributed by atoms with van der Waals surface area (Å²) in [5.74, 6) is -0.486. The van der Waals surface area contributed by atoms with Crippen LogP contribution in [0.5, 0.6) is 0 Å². The highest BCUT2D eigenvalue weighted by Crippen LogP contribution is 2.13. The van der Waals surface area contributed by atoms with Gasteiger partial charge in [0, 0.05) is 19.4 Å². The molecule has 0 saturated carbocycles. The minimum absolute atomic E-state index is 0.0455. The summed E-state index contributed by atoms with van der Waals surface area (Å²) in [5, 5.41) is 0. The van der Waals surface area contributed by atoms with Crippen molar-refractivity contribution in [2.45, 2.75) is 219 Å². The second-order valence-corrected chi connectivity index (χ2v) is 16.0. The average molecular weight is 833 g/mol. The number of hydrogen-bond acceptors (Lipinski definition) is 5. The molecule has 0 aliphatic heterocycles. The molecule has 0 aliphatic rings. The number of ether oxygens (including phenoxy) is 3. The van der Waals surface area contributed by atoms with Gasteiger partial charge < -0.3 is 14.2 Å². The number of rotatable bonds is 44. The van der Waals surface area contributed by atoms with Crippen LogP contribution in [0.15, 0.2) is 97.2 Å². The number of carbonyl (C=O) groups excluding carboxylic acids is 2. The zero-order valence-corrected chi connectivity index (χ0v) is 39.2. The molecule has 0 spiro atoms. The molecule has 1 unspecified atom stereocenters. The summed E-state index contributed by atoms with van der Waals surface area (Å²) in [5.41, 5.74) is 0. The Bertz CT molecular complexity index is 1170. The van der Waals surface area contributed by atoms with Crippen molar-refractivity contribution < 1.29 is 23.8 Å². The number of unbranched alkanes of at least 4 members (excludes halogenated alkanes) is 17. The number of allylic oxidation sites excluding steroid dienone is 16. The molecule has 5 heteroatoms. The highest BCUT2D eigenvalue weighted by Gasteiger charge is 2.17. The molecule has 1 atom stereocenters. The van der Waals surface area contributed by atoms with E-state index in [1.54, 1.807) is 0 Å². The third-order valence-corrected chi connectivity index (χ3v) is 10.1. The summed E-state index contributed by atoms with van der Waals surface area (Å²) in [6.45, 7) is 7.52. The number of carbonyl (C=O) groups is 2. The van der Waals surface area contributed by atoms with Crippen molar-refractivity contribution in [2.24, 2.45) is 0 Å². The average Bonchev–Trinajstić information content (AvgIpc) is 3.25.